The summed E-state index contributed by atoms with van der Waals surface area (Å²) < 4.78 is 45.4. The minimum absolute atomic E-state index is 0.0248. The van der Waals surface area contributed by atoms with Crippen molar-refractivity contribution < 1.29 is 36.7 Å². The van der Waals surface area contributed by atoms with E-state index in [9.17, 15) is 28.6 Å². The lowest BCUT2D eigenvalue weighted by atomic mass is 10.2. The van der Waals surface area contributed by atoms with E-state index in [2.05, 4.69) is 12.5 Å². The number of halogens is 1. The minimum atomic E-state index is -3.23. The lowest BCUT2D eigenvalue weighted by molar-refractivity contribution is -0.385. The number of methoxy groups -OCH3 is 2. The molecule has 4 aromatic carbocycles. The Balaban J connectivity index is 0.000000332. The first-order valence-electron chi connectivity index (χ1n) is 11.9. The standard InChI is InChI=1S/C14H13NO4.C7H7ClO2S.C7H7NO3.OS/c1-18-13-7-8-14(15(16)17)11(9-13)10-19-12-5-3-2-4-6-12;8-6-11(9,10)7-4-2-1-3-5-7;1-11-7-4-2-6(3-5-7)8(9)10;1-2/h2-9H,10H2,1H3;1-5H,6H2;2-5H,1H3;. The van der Waals surface area contributed by atoms with Crippen molar-refractivity contribution in [2.24, 2.45) is 0 Å². The number of non-ortho nitro benzene ring substituents is 1. The first-order valence-corrected chi connectivity index (χ1v) is 14.4. The third-order valence-electron chi connectivity index (χ3n) is 5.15. The molecule has 0 spiro atoms. The number of alkyl halides is 1. The summed E-state index contributed by atoms with van der Waals surface area (Å²) in [7, 11) is -0.201. The maximum Gasteiger partial charge on any atom is 0.276 e. The van der Waals surface area contributed by atoms with Crippen LogP contribution in [-0.4, -0.2) is 41.9 Å². The van der Waals surface area contributed by atoms with Gasteiger partial charge in [-0.05, 0) is 48.5 Å². The van der Waals surface area contributed by atoms with Crippen molar-refractivity contribution in [2.45, 2.75) is 11.5 Å². The highest BCUT2D eigenvalue weighted by atomic mass is 35.5. The number of nitro benzene ring substituents is 2. The van der Waals surface area contributed by atoms with Crippen LogP contribution in [0.3, 0.4) is 0 Å². The molecule has 228 valence electrons. The van der Waals surface area contributed by atoms with Gasteiger partial charge < -0.3 is 14.2 Å². The number of benzene rings is 4. The van der Waals surface area contributed by atoms with E-state index in [1.54, 1.807) is 54.6 Å². The molecule has 43 heavy (non-hydrogen) atoms. The normalized spacial score (nSPS) is 9.74. The average Bonchev–Trinajstić information content (AvgIpc) is 3.06. The molecule has 0 bridgehead atoms. The van der Waals surface area contributed by atoms with Gasteiger partial charge in [-0.25, -0.2) is 8.42 Å². The van der Waals surface area contributed by atoms with Gasteiger partial charge in [-0.1, -0.05) is 36.4 Å². The highest BCUT2D eigenvalue weighted by Gasteiger charge is 2.15. The molecule has 0 fully saturated rings. The second kappa shape index (κ2) is 19.5. The van der Waals surface area contributed by atoms with E-state index in [1.165, 1.54) is 44.6 Å². The number of rotatable bonds is 9. The molecular formula is C28H27ClN2O10S2. The van der Waals surface area contributed by atoms with Crippen molar-refractivity contribution in [3.05, 3.63) is 129 Å². The van der Waals surface area contributed by atoms with Gasteiger partial charge in [-0.15, -0.1) is 11.6 Å². The Morgan fingerprint density at radius 2 is 1.23 bits per heavy atom. The van der Waals surface area contributed by atoms with Gasteiger partial charge in [-0.3, -0.25) is 20.2 Å². The average molecular weight is 651 g/mol. The van der Waals surface area contributed by atoms with Crippen LogP contribution in [-0.2, 0) is 29.0 Å². The van der Waals surface area contributed by atoms with Crippen LogP contribution >= 0.6 is 11.6 Å². The van der Waals surface area contributed by atoms with Crippen LogP contribution in [0.5, 0.6) is 17.2 Å². The van der Waals surface area contributed by atoms with E-state index in [4.69, 9.17) is 30.0 Å². The van der Waals surface area contributed by atoms with E-state index < -0.39 is 19.7 Å². The lowest BCUT2D eigenvalue weighted by Crippen LogP contribution is -2.01. The van der Waals surface area contributed by atoms with Crippen molar-refractivity contribution in [1.82, 2.24) is 0 Å². The third-order valence-corrected chi connectivity index (χ3v) is 7.29. The molecule has 0 saturated heterocycles. The molecule has 15 heteroatoms. The van der Waals surface area contributed by atoms with Gasteiger partial charge >= 0.3 is 0 Å². The number of nitrogens with zero attached hydrogens (tertiary/aromatic N) is 2. The van der Waals surface area contributed by atoms with E-state index in [0.29, 0.717) is 22.8 Å². The van der Waals surface area contributed by atoms with Gasteiger partial charge in [0, 0.05) is 18.2 Å². The molecule has 0 saturated carbocycles. The van der Waals surface area contributed by atoms with Crippen molar-refractivity contribution in [2.75, 3.05) is 19.4 Å². The highest BCUT2D eigenvalue weighted by Crippen LogP contribution is 2.25. The second-order valence-corrected chi connectivity index (χ2v) is 10.4. The first-order chi connectivity index (χ1) is 20.6. The predicted molar refractivity (Wildman–Crippen MR) is 163 cm³/mol. The van der Waals surface area contributed by atoms with Crippen LogP contribution in [0.4, 0.5) is 11.4 Å². The van der Waals surface area contributed by atoms with Crippen LogP contribution < -0.4 is 14.2 Å². The molecular weight excluding hydrogens is 624 g/mol. The maximum absolute atomic E-state index is 11.1. The summed E-state index contributed by atoms with van der Waals surface area (Å²) >= 11 is 8.07. The Kier molecular flexibility index (Phi) is 16.5. The predicted octanol–water partition coefficient (Wildman–Crippen LogP) is 6.11. The number of hydrogen-bond donors (Lipinski definition) is 0. The van der Waals surface area contributed by atoms with Gasteiger partial charge in [0.1, 0.15) is 29.1 Å². The lowest BCUT2D eigenvalue weighted by Gasteiger charge is -2.08. The molecule has 0 heterocycles. The Morgan fingerprint density at radius 3 is 1.70 bits per heavy atom. The molecule has 0 atom stereocenters. The first kappa shape index (κ1) is 36.4. The molecule has 0 N–H and O–H groups in total. The number of hydrogen-bond acceptors (Lipinski definition) is 11. The molecule has 0 radical (unpaired) electrons. The van der Waals surface area contributed by atoms with Gasteiger partial charge in [0.25, 0.3) is 11.4 Å². The maximum atomic E-state index is 11.1. The zero-order chi connectivity index (χ0) is 32.3. The summed E-state index contributed by atoms with van der Waals surface area (Å²) in [6.07, 6.45) is 0. The highest BCUT2D eigenvalue weighted by molar-refractivity contribution is 7.92. The Labute approximate surface area is 258 Å². The monoisotopic (exact) mass is 650 g/mol. The van der Waals surface area contributed by atoms with Gasteiger partial charge in [0.15, 0.2) is 22.4 Å². The topological polar surface area (TPSA) is 165 Å². The minimum Gasteiger partial charge on any atom is -0.497 e. The fourth-order valence-corrected chi connectivity index (χ4v) is 4.13. The summed E-state index contributed by atoms with van der Waals surface area (Å²) in [5.74, 6) is 1.85. The molecule has 4 rings (SSSR count). The zero-order valence-electron chi connectivity index (χ0n) is 22.9. The van der Waals surface area contributed by atoms with Crippen molar-refractivity contribution in [3.8, 4) is 17.2 Å². The van der Waals surface area contributed by atoms with Crippen molar-refractivity contribution in [3.63, 3.8) is 0 Å². The van der Waals surface area contributed by atoms with Gasteiger partial charge in [0.2, 0.25) is 0 Å². The van der Waals surface area contributed by atoms with Gasteiger partial charge in [-0.2, -0.15) is 4.21 Å². The Morgan fingerprint density at radius 1 is 0.721 bits per heavy atom. The van der Waals surface area contributed by atoms with E-state index in [1.807, 2.05) is 18.2 Å². The summed E-state index contributed by atoms with van der Waals surface area (Å²) in [6.45, 7) is 0.123. The largest absolute Gasteiger partial charge is 0.497 e. The molecule has 4 aromatic rings. The summed E-state index contributed by atoms with van der Waals surface area (Å²) in [5, 5.41) is 20.7. The number of para-hydroxylation sites is 1. The van der Waals surface area contributed by atoms with Crippen LogP contribution in [0.2, 0.25) is 0 Å². The molecule has 0 aliphatic rings. The SMILES string of the molecule is COc1ccc([N+](=O)[O-])c(COc2ccccc2)c1.COc1ccc([N+](=O)[O-])cc1.O=S.O=S(=O)(CCl)c1ccccc1. The smallest absolute Gasteiger partial charge is 0.276 e. The quantitative estimate of drug-likeness (QED) is 0.117. The number of nitro groups is 2. The van der Waals surface area contributed by atoms with E-state index in [-0.39, 0.29) is 28.1 Å². The molecule has 0 aromatic heterocycles. The van der Waals surface area contributed by atoms with Crippen LogP contribution in [0.15, 0.2) is 108 Å². The summed E-state index contributed by atoms with van der Waals surface area (Å²) in [4.78, 5) is 20.5. The Bertz CT molecular complexity index is 1530. The van der Waals surface area contributed by atoms with Crippen molar-refractivity contribution >= 4 is 45.3 Å². The molecule has 0 amide bonds. The fraction of sp³-hybridized carbons (Fsp3) is 0.143. The number of sulfone groups is 1. The van der Waals surface area contributed by atoms with Crippen LogP contribution in [0, 0.1) is 20.2 Å². The third kappa shape index (κ3) is 12.8. The Hall–Kier alpha value is -4.66. The van der Waals surface area contributed by atoms with Crippen LogP contribution in [0.1, 0.15) is 5.56 Å². The van der Waals surface area contributed by atoms with Crippen LogP contribution in [0.25, 0.3) is 0 Å². The summed E-state index contributed by atoms with van der Waals surface area (Å²) in [5.41, 5.74) is 0.579. The molecule has 12 nitrogen and oxygen atoms in total. The van der Waals surface area contributed by atoms with Gasteiger partial charge in [0.05, 0.1) is 34.5 Å². The van der Waals surface area contributed by atoms with E-state index in [0.717, 1.165) is 0 Å². The van der Waals surface area contributed by atoms with E-state index >= 15 is 0 Å². The molecule has 0 unspecified atom stereocenters. The molecule has 0 aliphatic carbocycles. The van der Waals surface area contributed by atoms with Crippen molar-refractivity contribution in [1.29, 1.82) is 0 Å². The molecule has 0 aliphatic heterocycles. The summed E-state index contributed by atoms with van der Waals surface area (Å²) in [6, 6.07) is 27.8. The second-order valence-electron chi connectivity index (χ2n) is 7.85. The fourth-order valence-electron chi connectivity index (χ4n) is 3.06. The zero-order valence-corrected chi connectivity index (χ0v) is 25.3. The number of ether oxygens (including phenoxy) is 3.